The van der Waals surface area contributed by atoms with E-state index in [-0.39, 0.29) is 11.9 Å². The molecule has 0 aromatic carbocycles. The molecule has 0 aromatic heterocycles. The van der Waals surface area contributed by atoms with Crippen LogP contribution in [0.2, 0.25) is 0 Å². The number of carbonyl (C=O) groups excluding carboxylic acids is 1. The van der Waals surface area contributed by atoms with E-state index in [1.165, 1.54) is 44.3 Å². The summed E-state index contributed by atoms with van der Waals surface area (Å²) in [5.74, 6) is 4.07. The SMILES string of the molecule is CON(C)C(=O)CC(N)C1C2CC3CC(C2)CC1C3. The van der Waals surface area contributed by atoms with Gasteiger partial charge in [0.15, 0.2) is 0 Å². The van der Waals surface area contributed by atoms with Crippen LogP contribution in [-0.2, 0) is 9.63 Å². The zero-order valence-electron chi connectivity index (χ0n) is 12.0. The first-order valence-electron chi connectivity index (χ1n) is 7.64. The number of nitrogens with two attached hydrogens (primary N) is 1. The number of amides is 1. The molecule has 0 spiro atoms. The molecule has 4 fully saturated rings. The first kappa shape index (κ1) is 13.4. The molecule has 4 rings (SSSR count). The first-order chi connectivity index (χ1) is 9.08. The van der Waals surface area contributed by atoms with Crippen molar-refractivity contribution in [3.63, 3.8) is 0 Å². The molecule has 2 N–H and O–H groups in total. The molecular formula is C15H26N2O2. The fraction of sp³-hybridized carbons (Fsp3) is 0.933. The van der Waals surface area contributed by atoms with Crippen molar-refractivity contribution in [3.8, 4) is 0 Å². The molecule has 0 radical (unpaired) electrons. The van der Waals surface area contributed by atoms with Gasteiger partial charge in [0, 0.05) is 19.5 Å². The van der Waals surface area contributed by atoms with Gasteiger partial charge in [0.25, 0.3) is 0 Å². The highest BCUT2D eigenvalue weighted by Gasteiger charge is 2.50. The van der Waals surface area contributed by atoms with Crippen molar-refractivity contribution in [3.05, 3.63) is 0 Å². The summed E-state index contributed by atoms with van der Waals surface area (Å²) >= 11 is 0. The fourth-order valence-electron chi connectivity index (χ4n) is 5.23. The molecule has 4 heteroatoms. The number of hydrogen-bond acceptors (Lipinski definition) is 3. The van der Waals surface area contributed by atoms with E-state index >= 15 is 0 Å². The molecule has 19 heavy (non-hydrogen) atoms. The number of rotatable bonds is 4. The molecule has 0 aliphatic heterocycles. The van der Waals surface area contributed by atoms with E-state index in [9.17, 15) is 4.79 Å². The highest BCUT2D eigenvalue weighted by atomic mass is 16.7. The van der Waals surface area contributed by atoms with Crippen LogP contribution in [0.4, 0.5) is 0 Å². The molecule has 0 saturated heterocycles. The molecule has 4 nitrogen and oxygen atoms in total. The maximum absolute atomic E-state index is 11.9. The van der Waals surface area contributed by atoms with E-state index < -0.39 is 0 Å². The van der Waals surface area contributed by atoms with Crippen molar-refractivity contribution in [2.75, 3.05) is 14.2 Å². The minimum Gasteiger partial charge on any atom is -0.327 e. The molecule has 4 saturated carbocycles. The number of hydroxylamine groups is 2. The lowest BCUT2D eigenvalue weighted by Gasteiger charge is -2.56. The summed E-state index contributed by atoms with van der Waals surface area (Å²) in [6.45, 7) is 0. The van der Waals surface area contributed by atoms with Crippen LogP contribution in [0.1, 0.15) is 38.5 Å². The topological polar surface area (TPSA) is 55.6 Å². The van der Waals surface area contributed by atoms with E-state index in [1.54, 1.807) is 7.05 Å². The van der Waals surface area contributed by atoms with Crippen molar-refractivity contribution in [1.29, 1.82) is 0 Å². The highest BCUT2D eigenvalue weighted by Crippen LogP contribution is 2.57. The van der Waals surface area contributed by atoms with Gasteiger partial charge in [0.1, 0.15) is 0 Å². The normalized spacial score (nSPS) is 41.3. The Balaban J connectivity index is 1.64. The monoisotopic (exact) mass is 266 g/mol. The van der Waals surface area contributed by atoms with Crippen LogP contribution in [0.3, 0.4) is 0 Å². The van der Waals surface area contributed by atoms with Gasteiger partial charge in [-0.25, -0.2) is 5.06 Å². The van der Waals surface area contributed by atoms with Crippen LogP contribution in [0.15, 0.2) is 0 Å². The summed E-state index contributed by atoms with van der Waals surface area (Å²) < 4.78 is 0. The van der Waals surface area contributed by atoms with Crippen molar-refractivity contribution < 1.29 is 9.63 Å². The lowest BCUT2D eigenvalue weighted by atomic mass is 9.50. The summed E-state index contributed by atoms with van der Waals surface area (Å²) in [4.78, 5) is 16.9. The average Bonchev–Trinajstić information content (AvgIpc) is 2.36. The zero-order chi connectivity index (χ0) is 13.6. The quantitative estimate of drug-likeness (QED) is 0.789. The summed E-state index contributed by atoms with van der Waals surface area (Å²) in [5.41, 5.74) is 6.39. The van der Waals surface area contributed by atoms with Crippen LogP contribution in [0.25, 0.3) is 0 Å². The number of hydrogen-bond donors (Lipinski definition) is 1. The largest absolute Gasteiger partial charge is 0.327 e. The predicted molar refractivity (Wildman–Crippen MR) is 72.9 cm³/mol. The molecule has 4 aliphatic rings. The summed E-state index contributed by atoms with van der Waals surface area (Å²) in [6.07, 6.45) is 7.33. The van der Waals surface area contributed by atoms with E-state index in [4.69, 9.17) is 10.6 Å². The van der Waals surface area contributed by atoms with Gasteiger partial charge in [-0.1, -0.05) is 0 Å². The molecule has 0 aromatic rings. The van der Waals surface area contributed by atoms with Crippen LogP contribution < -0.4 is 5.73 Å². The van der Waals surface area contributed by atoms with Gasteiger partial charge >= 0.3 is 0 Å². The maximum atomic E-state index is 11.9. The zero-order valence-corrected chi connectivity index (χ0v) is 12.0. The van der Waals surface area contributed by atoms with Gasteiger partial charge in [-0.2, -0.15) is 0 Å². The smallest absolute Gasteiger partial charge is 0.247 e. The summed E-state index contributed by atoms with van der Waals surface area (Å²) in [7, 11) is 3.18. The Kier molecular flexibility index (Phi) is 3.56. The molecule has 1 amide bonds. The third kappa shape index (κ3) is 2.40. The van der Waals surface area contributed by atoms with Crippen molar-refractivity contribution in [2.45, 2.75) is 44.6 Å². The van der Waals surface area contributed by atoms with Crippen molar-refractivity contribution in [1.82, 2.24) is 5.06 Å². The van der Waals surface area contributed by atoms with Gasteiger partial charge in [-0.3, -0.25) is 9.63 Å². The van der Waals surface area contributed by atoms with Crippen LogP contribution in [0, 0.1) is 29.6 Å². The second kappa shape index (κ2) is 5.06. The fourth-order valence-corrected chi connectivity index (χ4v) is 5.23. The highest BCUT2D eigenvalue weighted by molar-refractivity contribution is 5.75. The Hall–Kier alpha value is -0.610. The maximum Gasteiger partial charge on any atom is 0.247 e. The van der Waals surface area contributed by atoms with E-state index in [0.717, 1.165) is 23.7 Å². The second-order valence-corrected chi connectivity index (χ2v) is 6.95. The third-order valence-electron chi connectivity index (χ3n) is 5.83. The number of carbonyl (C=O) groups is 1. The first-order valence-corrected chi connectivity index (χ1v) is 7.64. The summed E-state index contributed by atoms with van der Waals surface area (Å²) in [6, 6.07) is 0.0140. The van der Waals surface area contributed by atoms with E-state index in [2.05, 4.69) is 0 Å². The average molecular weight is 266 g/mol. The second-order valence-electron chi connectivity index (χ2n) is 6.95. The number of nitrogens with zero attached hydrogens (tertiary/aromatic N) is 1. The Morgan fingerprint density at radius 3 is 2.21 bits per heavy atom. The molecule has 0 heterocycles. The van der Waals surface area contributed by atoms with Gasteiger partial charge < -0.3 is 5.73 Å². The molecule has 1 atom stereocenters. The van der Waals surface area contributed by atoms with E-state index in [0.29, 0.717) is 12.3 Å². The van der Waals surface area contributed by atoms with Gasteiger partial charge in [-0.05, 0) is 61.7 Å². The van der Waals surface area contributed by atoms with E-state index in [1.807, 2.05) is 0 Å². The molecule has 4 bridgehead atoms. The standard InChI is InChI=1S/C15H26N2O2/c1-17(19-2)14(18)8-13(16)15-11-4-9-3-10(6-11)7-12(15)5-9/h9-13,15H,3-8,16H2,1-2H3. The molecule has 4 aliphatic carbocycles. The van der Waals surface area contributed by atoms with Gasteiger partial charge in [0.05, 0.1) is 7.11 Å². The Morgan fingerprint density at radius 2 is 1.74 bits per heavy atom. The van der Waals surface area contributed by atoms with Crippen molar-refractivity contribution >= 4 is 5.91 Å². The molecule has 1 unspecified atom stereocenters. The van der Waals surface area contributed by atoms with Crippen LogP contribution in [-0.4, -0.2) is 31.2 Å². The Labute approximate surface area is 115 Å². The lowest BCUT2D eigenvalue weighted by Crippen LogP contribution is -2.52. The molecular weight excluding hydrogens is 240 g/mol. The minimum absolute atomic E-state index is 0.00352. The van der Waals surface area contributed by atoms with Crippen molar-refractivity contribution in [2.24, 2.45) is 35.3 Å². The summed E-state index contributed by atoms with van der Waals surface area (Å²) in [5, 5.41) is 1.30. The van der Waals surface area contributed by atoms with Gasteiger partial charge in [-0.15, -0.1) is 0 Å². The van der Waals surface area contributed by atoms with Crippen LogP contribution >= 0.6 is 0 Å². The Bertz CT molecular complexity index is 330. The van der Waals surface area contributed by atoms with Gasteiger partial charge in [0.2, 0.25) is 5.91 Å². The third-order valence-corrected chi connectivity index (χ3v) is 5.83. The lowest BCUT2D eigenvalue weighted by molar-refractivity contribution is -0.170. The molecule has 108 valence electrons. The predicted octanol–water partition coefficient (Wildman–Crippen LogP) is 1.80. The van der Waals surface area contributed by atoms with Crippen LogP contribution in [0.5, 0.6) is 0 Å². The minimum atomic E-state index is 0.00352. The Morgan fingerprint density at radius 1 is 1.21 bits per heavy atom.